The molecule has 146 valence electrons. The predicted molar refractivity (Wildman–Crippen MR) is 99.2 cm³/mol. The Hall–Kier alpha value is -1.57. The number of methoxy groups -OCH3 is 1. The van der Waals surface area contributed by atoms with E-state index >= 15 is 0 Å². The molecular formula is C19H31N3O4. The van der Waals surface area contributed by atoms with Gasteiger partial charge in [-0.1, -0.05) is 0 Å². The van der Waals surface area contributed by atoms with E-state index in [0.29, 0.717) is 32.3 Å². The molecule has 0 aromatic carbocycles. The van der Waals surface area contributed by atoms with E-state index in [1.807, 2.05) is 12.1 Å². The Morgan fingerprint density at radius 3 is 3.00 bits per heavy atom. The van der Waals surface area contributed by atoms with Gasteiger partial charge < -0.3 is 28.8 Å². The Balaban J connectivity index is 1.59. The van der Waals surface area contributed by atoms with Crippen LogP contribution in [-0.4, -0.2) is 69.8 Å². The quantitative estimate of drug-likeness (QED) is 0.452. The molecule has 1 aromatic rings. The number of ether oxygens (including phenoxy) is 3. The molecule has 2 fully saturated rings. The molecule has 3 heterocycles. The Labute approximate surface area is 155 Å². The molecule has 0 radical (unpaired) electrons. The molecular weight excluding hydrogens is 334 g/mol. The summed E-state index contributed by atoms with van der Waals surface area (Å²) in [5.41, 5.74) is 0. The van der Waals surface area contributed by atoms with Crippen LogP contribution in [0.15, 0.2) is 27.8 Å². The summed E-state index contributed by atoms with van der Waals surface area (Å²) in [4.78, 5) is 7.06. The highest BCUT2D eigenvalue weighted by molar-refractivity contribution is 5.80. The van der Waals surface area contributed by atoms with Crippen molar-refractivity contribution in [2.45, 2.75) is 32.0 Å². The summed E-state index contributed by atoms with van der Waals surface area (Å²) >= 11 is 0. The lowest BCUT2D eigenvalue weighted by molar-refractivity contribution is -0.189. The predicted octanol–water partition coefficient (Wildman–Crippen LogP) is 1.89. The summed E-state index contributed by atoms with van der Waals surface area (Å²) in [5, 5.41) is 3.49. The Bertz CT molecular complexity index is 555. The van der Waals surface area contributed by atoms with Crippen LogP contribution >= 0.6 is 0 Å². The molecule has 1 atom stereocenters. The van der Waals surface area contributed by atoms with Crippen molar-refractivity contribution in [1.29, 1.82) is 0 Å². The summed E-state index contributed by atoms with van der Waals surface area (Å²) in [6.07, 6.45) is 4.76. The second-order valence-corrected chi connectivity index (χ2v) is 6.95. The SMILES string of the molecule is COCCN=C(NCCc1ccco1)N1CCCC(C2(C)OCCO2)C1. The smallest absolute Gasteiger partial charge is 0.194 e. The average Bonchev–Trinajstić information content (AvgIpc) is 3.33. The van der Waals surface area contributed by atoms with Crippen LogP contribution in [0.5, 0.6) is 0 Å². The van der Waals surface area contributed by atoms with Gasteiger partial charge in [0.2, 0.25) is 0 Å². The van der Waals surface area contributed by atoms with Crippen molar-refractivity contribution in [3.05, 3.63) is 24.2 Å². The Morgan fingerprint density at radius 2 is 2.27 bits per heavy atom. The highest BCUT2D eigenvalue weighted by Gasteiger charge is 2.42. The second-order valence-electron chi connectivity index (χ2n) is 6.95. The normalized spacial score (nSPS) is 23.4. The van der Waals surface area contributed by atoms with Gasteiger partial charge in [-0.3, -0.25) is 4.99 Å². The van der Waals surface area contributed by atoms with Gasteiger partial charge in [-0.2, -0.15) is 0 Å². The topological polar surface area (TPSA) is 68.5 Å². The first kappa shape index (κ1) is 19.2. The minimum atomic E-state index is -0.468. The van der Waals surface area contributed by atoms with Crippen molar-refractivity contribution in [2.24, 2.45) is 10.9 Å². The fraction of sp³-hybridized carbons (Fsp3) is 0.737. The molecule has 3 rings (SSSR count). The molecule has 7 heteroatoms. The standard InChI is InChI=1S/C19H31N3O4/c1-19(25-13-14-26-19)16-5-3-10-22(15-16)18(21-9-12-23-2)20-8-7-17-6-4-11-24-17/h4,6,11,16H,3,5,7-10,12-15H2,1-2H3,(H,20,21). The number of nitrogens with one attached hydrogen (secondary N) is 1. The fourth-order valence-electron chi connectivity index (χ4n) is 3.63. The third-order valence-electron chi connectivity index (χ3n) is 5.11. The first-order valence-electron chi connectivity index (χ1n) is 9.54. The number of furan rings is 1. The molecule has 1 aromatic heterocycles. The van der Waals surface area contributed by atoms with Gasteiger partial charge in [0, 0.05) is 39.1 Å². The van der Waals surface area contributed by atoms with Crippen LogP contribution in [0.4, 0.5) is 0 Å². The number of aliphatic imine (C=N–C) groups is 1. The van der Waals surface area contributed by atoms with Gasteiger partial charge in [0.05, 0.1) is 32.6 Å². The van der Waals surface area contributed by atoms with Gasteiger partial charge in [0.1, 0.15) is 5.76 Å². The molecule has 1 N–H and O–H groups in total. The lowest BCUT2D eigenvalue weighted by Gasteiger charge is -2.41. The number of hydrogen-bond acceptors (Lipinski definition) is 5. The monoisotopic (exact) mass is 365 g/mol. The molecule has 0 amide bonds. The van der Waals surface area contributed by atoms with Gasteiger partial charge in [-0.25, -0.2) is 0 Å². The van der Waals surface area contributed by atoms with E-state index in [2.05, 4.69) is 17.1 Å². The van der Waals surface area contributed by atoms with E-state index < -0.39 is 5.79 Å². The minimum absolute atomic E-state index is 0.346. The van der Waals surface area contributed by atoms with Crippen molar-refractivity contribution in [3.63, 3.8) is 0 Å². The van der Waals surface area contributed by atoms with Crippen LogP contribution in [0.25, 0.3) is 0 Å². The lowest BCUT2D eigenvalue weighted by Crippen LogP contribution is -2.52. The van der Waals surface area contributed by atoms with Gasteiger partial charge in [0.15, 0.2) is 11.7 Å². The highest BCUT2D eigenvalue weighted by Crippen LogP contribution is 2.34. The minimum Gasteiger partial charge on any atom is -0.469 e. The van der Waals surface area contributed by atoms with Gasteiger partial charge in [-0.15, -0.1) is 0 Å². The molecule has 2 aliphatic heterocycles. The van der Waals surface area contributed by atoms with Crippen molar-refractivity contribution in [3.8, 4) is 0 Å². The lowest BCUT2D eigenvalue weighted by atomic mass is 9.90. The van der Waals surface area contributed by atoms with Crippen LogP contribution in [0.1, 0.15) is 25.5 Å². The van der Waals surface area contributed by atoms with Crippen molar-refractivity contribution in [2.75, 3.05) is 53.1 Å². The molecule has 2 saturated heterocycles. The van der Waals surface area contributed by atoms with Crippen LogP contribution in [0.3, 0.4) is 0 Å². The number of nitrogens with zero attached hydrogens (tertiary/aromatic N) is 2. The van der Waals surface area contributed by atoms with E-state index in [-0.39, 0.29) is 0 Å². The average molecular weight is 365 g/mol. The number of likely N-dealkylation sites (tertiary alicyclic amines) is 1. The molecule has 0 saturated carbocycles. The zero-order chi connectivity index (χ0) is 18.2. The van der Waals surface area contributed by atoms with Gasteiger partial charge in [-0.05, 0) is 31.9 Å². The van der Waals surface area contributed by atoms with E-state index in [1.165, 1.54) is 0 Å². The second kappa shape index (κ2) is 9.39. The van der Waals surface area contributed by atoms with Crippen LogP contribution < -0.4 is 5.32 Å². The first-order chi connectivity index (χ1) is 12.7. The third-order valence-corrected chi connectivity index (χ3v) is 5.11. The maximum Gasteiger partial charge on any atom is 0.194 e. The van der Waals surface area contributed by atoms with Crippen LogP contribution in [0.2, 0.25) is 0 Å². The molecule has 1 unspecified atom stereocenters. The number of piperidine rings is 1. The molecule has 26 heavy (non-hydrogen) atoms. The molecule has 0 bridgehead atoms. The van der Waals surface area contributed by atoms with E-state index in [4.69, 9.17) is 23.6 Å². The van der Waals surface area contributed by atoms with Crippen molar-refractivity contribution >= 4 is 5.96 Å². The van der Waals surface area contributed by atoms with Crippen LogP contribution in [0, 0.1) is 5.92 Å². The van der Waals surface area contributed by atoms with Crippen molar-refractivity contribution < 1.29 is 18.6 Å². The summed E-state index contributed by atoms with van der Waals surface area (Å²) < 4.78 is 22.4. The van der Waals surface area contributed by atoms with E-state index in [1.54, 1.807) is 13.4 Å². The van der Waals surface area contributed by atoms with Gasteiger partial charge >= 0.3 is 0 Å². The molecule has 7 nitrogen and oxygen atoms in total. The summed E-state index contributed by atoms with van der Waals surface area (Å²) in [6, 6.07) is 3.91. The van der Waals surface area contributed by atoms with E-state index in [0.717, 1.165) is 50.6 Å². The molecule has 2 aliphatic rings. The Kier molecular flexibility index (Phi) is 6.93. The number of rotatable bonds is 7. The zero-order valence-electron chi connectivity index (χ0n) is 15.9. The zero-order valence-corrected chi connectivity index (χ0v) is 15.9. The molecule has 0 spiro atoms. The largest absolute Gasteiger partial charge is 0.469 e. The maximum atomic E-state index is 5.90. The molecule has 0 aliphatic carbocycles. The van der Waals surface area contributed by atoms with Crippen molar-refractivity contribution in [1.82, 2.24) is 10.2 Å². The van der Waals surface area contributed by atoms with Crippen LogP contribution in [-0.2, 0) is 20.6 Å². The number of hydrogen-bond donors (Lipinski definition) is 1. The Morgan fingerprint density at radius 1 is 1.42 bits per heavy atom. The number of guanidine groups is 1. The van der Waals surface area contributed by atoms with E-state index in [9.17, 15) is 0 Å². The fourth-order valence-corrected chi connectivity index (χ4v) is 3.63. The first-order valence-corrected chi connectivity index (χ1v) is 9.54. The highest BCUT2D eigenvalue weighted by atomic mass is 16.7. The maximum absolute atomic E-state index is 5.90. The third kappa shape index (κ3) is 4.99. The summed E-state index contributed by atoms with van der Waals surface area (Å²) in [6.45, 7) is 7.36. The van der Waals surface area contributed by atoms with Gasteiger partial charge in [0.25, 0.3) is 0 Å². The summed E-state index contributed by atoms with van der Waals surface area (Å²) in [7, 11) is 1.70. The summed E-state index contributed by atoms with van der Waals surface area (Å²) in [5.74, 6) is 1.79.